The maximum absolute atomic E-state index is 12.4. The van der Waals surface area contributed by atoms with Gasteiger partial charge in [-0.25, -0.2) is 9.97 Å². The third kappa shape index (κ3) is 5.56. The smallest absolute Gasteiger partial charge is 0.236 e. The van der Waals surface area contributed by atoms with Gasteiger partial charge in [0.05, 0.1) is 30.0 Å². The molecule has 9 nitrogen and oxygen atoms in total. The van der Waals surface area contributed by atoms with Gasteiger partial charge in [-0.3, -0.25) is 9.69 Å². The Balaban J connectivity index is 1.38. The molecule has 0 bridgehead atoms. The monoisotopic (exact) mass is 496 g/mol. The number of carbonyl (C=O) groups excluding carboxylic acids is 1. The molecule has 0 saturated carbocycles. The molecule has 10 heteroatoms. The molecular formula is C25H32N6O3S. The van der Waals surface area contributed by atoms with E-state index in [-0.39, 0.29) is 11.7 Å². The number of nitrogens with zero attached hydrogens (tertiary/aromatic N) is 6. The van der Waals surface area contributed by atoms with Gasteiger partial charge in [-0.15, -0.1) is 11.3 Å². The number of carbonyl (C=O) groups is 1. The van der Waals surface area contributed by atoms with Crippen molar-refractivity contribution in [2.24, 2.45) is 0 Å². The topological polar surface area (TPSA) is 85.3 Å². The normalized spacial score (nSPS) is 17.5. The summed E-state index contributed by atoms with van der Waals surface area (Å²) in [4.78, 5) is 32.0. The Morgan fingerprint density at radius 2 is 1.86 bits per heavy atom. The third-order valence-corrected chi connectivity index (χ3v) is 7.48. The van der Waals surface area contributed by atoms with E-state index in [1.165, 1.54) is 4.88 Å². The Bertz CT molecular complexity index is 1190. The highest BCUT2D eigenvalue weighted by Gasteiger charge is 2.24. The number of fused-ring (bicyclic) bond motifs is 1. The predicted molar refractivity (Wildman–Crippen MR) is 138 cm³/mol. The summed E-state index contributed by atoms with van der Waals surface area (Å²) in [5, 5.41) is 9.98. The minimum absolute atomic E-state index is 0.196. The SMILES string of the molecule is CN(C)CC(=O)N1CCN(Cc2cc3nc(-c4cccc(O)c4)nc(N4CCOCC4)c3s2)CC1. The average Bonchev–Trinajstić information content (AvgIpc) is 3.26. The number of piperazine rings is 1. The number of morpholine rings is 1. The number of hydrogen-bond acceptors (Lipinski definition) is 9. The number of ether oxygens (including phenoxy) is 1. The second kappa shape index (κ2) is 10.4. The number of benzene rings is 1. The summed E-state index contributed by atoms with van der Waals surface area (Å²) in [6, 6.07) is 9.26. The summed E-state index contributed by atoms with van der Waals surface area (Å²) in [5.41, 5.74) is 1.73. The third-order valence-electron chi connectivity index (χ3n) is 6.38. The van der Waals surface area contributed by atoms with Gasteiger partial charge in [-0.1, -0.05) is 12.1 Å². The van der Waals surface area contributed by atoms with E-state index in [1.54, 1.807) is 23.5 Å². The standard InChI is InChI=1S/C25H32N6O3S/c1-28(2)17-22(33)30-8-6-29(7-9-30)16-20-15-21-23(35-20)25(31-10-12-34-13-11-31)27-24(26-21)18-4-3-5-19(32)14-18/h3-5,14-15,32H,6-13,16-17H2,1-2H3. The van der Waals surface area contributed by atoms with Gasteiger partial charge in [0.1, 0.15) is 5.75 Å². The molecule has 0 unspecified atom stereocenters. The molecule has 2 saturated heterocycles. The number of aromatic nitrogens is 2. The number of phenolic OH excluding ortho intramolecular Hbond substituents is 1. The molecular weight excluding hydrogens is 464 g/mol. The van der Waals surface area contributed by atoms with E-state index in [9.17, 15) is 9.90 Å². The van der Waals surface area contributed by atoms with Crippen LogP contribution in [-0.4, -0.2) is 109 Å². The van der Waals surface area contributed by atoms with Crippen molar-refractivity contribution in [3.8, 4) is 17.1 Å². The zero-order valence-electron chi connectivity index (χ0n) is 20.3. The average molecular weight is 497 g/mol. The van der Waals surface area contributed by atoms with E-state index in [4.69, 9.17) is 14.7 Å². The zero-order chi connectivity index (χ0) is 24.4. The summed E-state index contributed by atoms with van der Waals surface area (Å²) in [6.45, 7) is 7.50. The first kappa shape index (κ1) is 23.9. The van der Waals surface area contributed by atoms with Crippen LogP contribution in [-0.2, 0) is 16.1 Å². The van der Waals surface area contributed by atoms with Crippen LogP contribution in [0.1, 0.15) is 4.88 Å². The molecule has 2 aliphatic rings. The quantitative estimate of drug-likeness (QED) is 0.556. The second-order valence-electron chi connectivity index (χ2n) is 9.34. The highest BCUT2D eigenvalue weighted by Crippen LogP contribution is 2.35. The number of aromatic hydroxyl groups is 1. The fourth-order valence-corrected chi connectivity index (χ4v) is 5.71. The zero-order valence-corrected chi connectivity index (χ0v) is 21.1. The lowest BCUT2D eigenvalue weighted by atomic mass is 10.2. The Kier molecular flexibility index (Phi) is 7.14. The van der Waals surface area contributed by atoms with Gasteiger partial charge in [0, 0.05) is 56.3 Å². The van der Waals surface area contributed by atoms with Gasteiger partial charge in [0.15, 0.2) is 11.6 Å². The number of anilines is 1. The first-order valence-electron chi connectivity index (χ1n) is 12.0. The van der Waals surface area contributed by atoms with Crippen LogP contribution in [0.4, 0.5) is 5.82 Å². The van der Waals surface area contributed by atoms with Gasteiger partial charge in [0.25, 0.3) is 0 Å². The van der Waals surface area contributed by atoms with Gasteiger partial charge in [-0.05, 0) is 32.3 Å². The molecule has 1 amide bonds. The minimum Gasteiger partial charge on any atom is -0.508 e. The summed E-state index contributed by atoms with van der Waals surface area (Å²) in [6.07, 6.45) is 0. The van der Waals surface area contributed by atoms with Crippen molar-refractivity contribution in [2.45, 2.75) is 6.54 Å². The van der Waals surface area contributed by atoms with E-state index >= 15 is 0 Å². The van der Waals surface area contributed by atoms with Crippen LogP contribution in [0.5, 0.6) is 5.75 Å². The highest BCUT2D eigenvalue weighted by atomic mass is 32.1. The van der Waals surface area contributed by atoms with Gasteiger partial charge < -0.3 is 24.5 Å². The van der Waals surface area contributed by atoms with Crippen molar-refractivity contribution in [3.63, 3.8) is 0 Å². The van der Waals surface area contributed by atoms with Crippen LogP contribution in [0.25, 0.3) is 21.6 Å². The fraction of sp³-hybridized carbons (Fsp3) is 0.480. The van der Waals surface area contributed by atoms with Crippen molar-refractivity contribution >= 4 is 33.3 Å². The number of likely N-dealkylation sites (N-methyl/N-ethyl adjacent to an activating group) is 1. The molecule has 2 fully saturated rings. The maximum atomic E-state index is 12.4. The lowest BCUT2D eigenvalue weighted by Crippen LogP contribution is -2.50. The number of amides is 1. The molecule has 2 aromatic heterocycles. The number of hydrogen-bond donors (Lipinski definition) is 1. The van der Waals surface area contributed by atoms with Gasteiger partial charge in [-0.2, -0.15) is 0 Å². The van der Waals surface area contributed by atoms with Crippen molar-refractivity contribution in [2.75, 3.05) is 78.0 Å². The van der Waals surface area contributed by atoms with Crippen molar-refractivity contribution < 1.29 is 14.6 Å². The number of rotatable bonds is 6. The molecule has 3 aromatic rings. The molecule has 0 radical (unpaired) electrons. The van der Waals surface area contributed by atoms with Gasteiger partial charge in [0.2, 0.25) is 5.91 Å². The van der Waals surface area contributed by atoms with Crippen LogP contribution in [0.2, 0.25) is 0 Å². The minimum atomic E-state index is 0.196. The van der Waals surface area contributed by atoms with E-state index < -0.39 is 0 Å². The van der Waals surface area contributed by atoms with Gasteiger partial charge >= 0.3 is 0 Å². The van der Waals surface area contributed by atoms with E-state index in [0.717, 1.165) is 67.4 Å². The van der Waals surface area contributed by atoms with Crippen molar-refractivity contribution in [1.82, 2.24) is 24.7 Å². The van der Waals surface area contributed by atoms with Crippen LogP contribution in [0.15, 0.2) is 30.3 Å². The van der Waals surface area contributed by atoms with Crippen LogP contribution < -0.4 is 4.90 Å². The van der Waals surface area contributed by atoms with Crippen molar-refractivity contribution in [3.05, 3.63) is 35.2 Å². The maximum Gasteiger partial charge on any atom is 0.236 e. The lowest BCUT2D eigenvalue weighted by molar-refractivity contribution is -0.133. The number of thiophene rings is 1. The Morgan fingerprint density at radius 3 is 2.57 bits per heavy atom. The first-order chi connectivity index (χ1) is 17.0. The molecule has 4 heterocycles. The molecule has 0 atom stereocenters. The van der Waals surface area contributed by atoms with Crippen LogP contribution >= 0.6 is 11.3 Å². The van der Waals surface area contributed by atoms with E-state index in [0.29, 0.717) is 25.6 Å². The van der Waals surface area contributed by atoms with Crippen LogP contribution in [0.3, 0.4) is 0 Å². The van der Waals surface area contributed by atoms with E-state index in [2.05, 4.69) is 15.9 Å². The number of phenols is 1. The molecule has 0 aliphatic carbocycles. The Hall–Kier alpha value is -2.79. The molecule has 1 N–H and O–H groups in total. The van der Waals surface area contributed by atoms with Crippen molar-refractivity contribution in [1.29, 1.82) is 0 Å². The lowest BCUT2D eigenvalue weighted by Gasteiger charge is -2.35. The molecule has 186 valence electrons. The van der Waals surface area contributed by atoms with Crippen LogP contribution in [0, 0.1) is 0 Å². The Morgan fingerprint density at radius 1 is 1.09 bits per heavy atom. The second-order valence-corrected chi connectivity index (χ2v) is 10.5. The largest absolute Gasteiger partial charge is 0.508 e. The molecule has 0 spiro atoms. The van der Waals surface area contributed by atoms with E-state index in [1.807, 2.05) is 36.0 Å². The predicted octanol–water partition coefficient (Wildman–Crippen LogP) is 2.11. The summed E-state index contributed by atoms with van der Waals surface area (Å²) >= 11 is 1.75. The highest BCUT2D eigenvalue weighted by molar-refractivity contribution is 7.19. The summed E-state index contributed by atoms with van der Waals surface area (Å²) in [5.74, 6) is 1.95. The Labute approximate surface area is 209 Å². The summed E-state index contributed by atoms with van der Waals surface area (Å²) in [7, 11) is 3.85. The molecule has 2 aliphatic heterocycles. The molecule has 1 aromatic carbocycles. The fourth-order valence-electron chi connectivity index (χ4n) is 4.55. The first-order valence-corrected chi connectivity index (χ1v) is 12.9. The molecule has 35 heavy (non-hydrogen) atoms. The summed E-state index contributed by atoms with van der Waals surface area (Å²) < 4.78 is 6.65. The molecule has 5 rings (SSSR count).